The molecule has 2 aliphatic rings. The maximum Gasteiger partial charge on any atom is 0.269 e. The Morgan fingerprint density at radius 2 is 2.04 bits per heavy atom. The number of nitro groups is 1. The van der Waals surface area contributed by atoms with E-state index in [1.165, 1.54) is 13.8 Å². The fourth-order valence-electron chi connectivity index (χ4n) is 3.44. The van der Waals surface area contributed by atoms with E-state index in [1.807, 2.05) is 0 Å². The minimum Gasteiger partial charge on any atom is -0.362 e. The molecule has 25 heavy (non-hydrogen) atoms. The highest BCUT2D eigenvalue weighted by Gasteiger charge is 2.55. The van der Waals surface area contributed by atoms with Crippen LogP contribution in [-0.2, 0) is 15.4 Å². The Morgan fingerprint density at radius 3 is 2.56 bits per heavy atom. The average Bonchev–Trinajstić information content (AvgIpc) is 3.28. The van der Waals surface area contributed by atoms with E-state index in [0.29, 0.717) is 12.3 Å². The van der Waals surface area contributed by atoms with Gasteiger partial charge in [-0.15, -0.1) is 0 Å². The van der Waals surface area contributed by atoms with Crippen LogP contribution in [0.25, 0.3) is 0 Å². The quantitative estimate of drug-likeness (QED) is 0.625. The highest BCUT2D eigenvalue weighted by molar-refractivity contribution is 7.93. The van der Waals surface area contributed by atoms with Crippen LogP contribution in [0.1, 0.15) is 38.7 Å². The Labute approximate surface area is 145 Å². The van der Waals surface area contributed by atoms with Gasteiger partial charge in [0.15, 0.2) is 9.84 Å². The van der Waals surface area contributed by atoms with Crippen molar-refractivity contribution in [2.24, 2.45) is 5.92 Å². The lowest BCUT2D eigenvalue weighted by Crippen LogP contribution is -2.65. The van der Waals surface area contributed by atoms with Crippen molar-refractivity contribution in [3.63, 3.8) is 0 Å². The van der Waals surface area contributed by atoms with Crippen molar-refractivity contribution >= 4 is 21.4 Å². The summed E-state index contributed by atoms with van der Waals surface area (Å²) in [5.74, 6) is -1.06. The number of sulfone groups is 1. The molecule has 9 heteroatoms. The maximum absolute atomic E-state index is 14.3. The van der Waals surface area contributed by atoms with Gasteiger partial charge in [-0.05, 0) is 32.3 Å². The van der Waals surface area contributed by atoms with Gasteiger partial charge in [0.1, 0.15) is 16.4 Å². The SMILES string of the molecule is C[C@@]1(c2cc([N+](=O)[O-])ccc2F)CS(=O)(=O)[C@](C)(CC2CC2)C(=N)N1. The molecule has 7 nitrogen and oxygen atoms in total. The first kappa shape index (κ1) is 17.8. The highest BCUT2D eigenvalue weighted by Crippen LogP contribution is 2.44. The number of nitro benzene ring substituents is 1. The first-order chi connectivity index (χ1) is 11.5. The van der Waals surface area contributed by atoms with Gasteiger partial charge in [-0.3, -0.25) is 15.5 Å². The Balaban J connectivity index is 2.03. The number of nitrogens with one attached hydrogen (secondary N) is 2. The van der Waals surface area contributed by atoms with Crippen molar-refractivity contribution in [2.45, 2.75) is 43.4 Å². The first-order valence-corrected chi connectivity index (χ1v) is 9.68. The summed E-state index contributed by atoms with van der Waals surface area (Å²) in [5.41, 5.74) is -1.88. The second-order valence-corrected chi connectivity index (χ2v) is 9.81. The fraction of sp³-hybridized carbons (Fsp3) is 0.562. The van der Waals surface area contributed by atoms with Gasteiger partial charge in [0, 0.05) is 17.7 Å². The molecule has 1 saturated carbocycles. The molecule has 0 spiro atoms. The Kier molecular flexibility index (Phi) is 3.90. The van der Waals surface area contributed by atoms with E-state index in [0.717, 1.165) is 31.0 Å². The van der Waals surface area contributed by atoms with E-state index >= 15 is 0 Å². The highest BCUT2D eigenvalue weighted by atomic mass is 32.2. The summed E-state index contributed by atoms with van der Waals surface area (Å²) in [6.45, 7) is 2.98. The molecular formula is C16H20FN3O4S. The Hall–Kier alpha value is -2.03. The third kappa shape index (κ3) is 2.90. The summed E-state index contributed by atoms with van der Waals surface area (Å²) < 4.78 is 38.9. The Morgan fingerprint density at radius 1 is 1.40 bits per heavy atom. The van der Waals surface area contributed by atoms with Crippen molar-refractivity contribution < 1.29 is 17.7 Å². The summed E-state index contributed by atoms with van der Waals surface area (Å²) in [4.78, 5) is 10.3. The smallest absolute Gasteiger partial charge is 0.269 e. The maximum atomic E-state index is 14.3. The van der Waals surface area contributed by atoms with E-state index in [1.54, 1.807) is 0 Å². The molecule has 1 saturated heterocycles. The predicted molar refractivity (Wildman–Crippen MR) is 90.8 cm³/mol. The van der Waals surface area contributed by atoms with Crippen LogP contribution in [0.3, 0.4) is 0 Å². The van der Waals surface area contributed by atoms with E-state index in [-0.39, 0.29) is 17.1 Å². The molecule has 3 rings (SSSR count). The molecule has 1 aliphatic heterocycles. The summed E-state index contributed by atoms with van der Waals surface area (Å²) in [7, 11) is -3.76. The molecule has 1 heterocycles. The van der Waals surface area contributed by atoms with Crippen molar-refractivity contribution in [3.05, 3.63) is 39.7 Å². The molecule has 0 amide bonds. The normalized spacial score (nSPS) is 31.4. The van der Waals surface area contributed by atoms with Crippen molar-refractivity contribution in [1.29, 1.82) is 5.41 Å². The molecule has 136 valence electrons. The molecule has 1 aromatic carbocycles. The summed E-state index contributed by atoms with van der Waals surface area (Å²) >= 11 is 0. The lowest BCUT2D eigenvalue weighted by atomic mass is 9.90. The van der Waals surface area contributed by atoms with Crippen molar-refractivity contribution in [1.82, 2.24) is 5.32 Å². The molecule has 0 unspecified atom stereocenters. The molecule has 0 aromatic heterocycles. The molecule has 1 aromatic rings. The van der Waals surface area contributed by atoms with Crippen LogP contribution in [0.5, 0.6) is 0 Å². The van der Waals surface area contributed by atoms with Crippen LogP contribution in [0.2, 0.25) is 0 Å². The molecule has 0 radical (unpaired) electrons. The minimum atomic E-state index is -3.76. The predicted octanol–water partition coefficient (Wildman–Crippen LogP) is 2.50. The summed E-state index contributed by atoms with van der Waals surface area (Å²) in [6.07, 6.45) is 2.28. The standard InChI is InChI=1S/C16H20FN3O4S/c1-15(12-7-11(20(21)22)5-6-13(12)17)9-25(23,24)16(2,14(18)19-15)8-10-3-4-10/h5-7,10H,3-4,8-9H2,1-2H3,(H2,18,19)/t15-,16+/m0/s1. The van der Waals surface area contributed by atoms with Crippen LogP contribution in [0.15, 0.2) is 18.2 Å². The summed E-state index contributed by atoms with van der Waals surface area (Å²) in [5, 5.41) is 22.1. The van der Waals surface area contributed by atoms with Gasteiger partial charge in [0.25, 0.3) is 5.69 Å². The third-order valence-electron chi connectivity index (χ3n) is 5.23. The fourth-order valence-corrected chi connectivity index (χ4v) is 5.59. The van der Waals surface area contributed by atoms with E-state index < -0.39 is 36.6 Å². The van der Waals surface area contributed by atoms with Gasteiger partial charge in [-0.25, -0.2) is 12.8 Å². The number of rotatable bonds is 4. The van der Waals surface area contributed by atoms with Crippen LogP contribution in [0.4, 0.5) is 10.1 Å². The number of halogens is 1. The second kappa shape index (κ2) is 5.48. The second-order valence-electron chi connectivity index (χ2n) is 7.39. The number of hydrogen-bond donors (Lipinski definition) is 2. The molecule has 2 N–H and O–H groups in total. The molecule has 1 aliphatic carbocycles. The number of non-ortho nitro benzene ring substituents is 1. The summed E-state index contributed by atoms with van der Waals surface area (Å²) in [6, 6.07) is 3.02. The zero-order valence-corrected chi connectivity index (χ0v) is 14.8. The van der Waals surface area contributed by atoms with E-state index in [2.05, 4.69) is 5.32 Å². The zero-order chi connectivity index (χ0) is 18.6. The van der Waals surface area contributed by atoms with E-state index in [9.17, 15) is 22.9 Å². The lowest BCUT2D eigenvalue weighted by Gasteiger charge is -2.44. The van der Waals surface area contributed by atoms with Gasteiger partial charge >= 0.3 is 0 Å². The monoisotopic (exact) mass is 369 g/mol. The van der Waals surface area contributed by atoms with Gasteiger partial charge in [0.05, 0.1) is 16.2 Å². The number of benzene rings is 1. The van der Waals surface area contributed by atoms with E-state index in [4.69, 9.17) is 5.41 Å². The van der Waals surface area contributed by atoms with Crippen LogP contribution < -0.4 is 5.32 Å². The van der Waals surface area contributed by atoms with Gasteiger partial charge < -0.3 is 5.32 Å². The molecular weight excluding hydrogens is 349 g/mol. The zero-order valence-electron chi connectivity index (χ0n) is 14.0. The topological polar surface area (TPSA) is 113 Å². The number of amidine groups is 1. The van der Waals surface area contributed by atoms with Gasteiger partial charge in [-0.2, -0.15) is 0 Å². The molecule has 2 atom stereocenters. The minimum absolute atomic E-state index is 0.122. The number of nitrogens with zero attached hydrogens (tertiary/aromatic N) is 1. The van der Waals surface area contributed by atoms with Crippen LogP contribution in [0, 0.1) is 27.3 Å². The third-order valence-corrected chi connectivity index (χ3v) is 7.93. The average molecular weight is 369 g/mol. The van der Waals surface area contributed by atoms with Gasteiger partial charge in [-0.1, -0.05) is 12.8 Å². The molecule has 2 fully saturated rings. The largest absolute Gasteiger partial charge is 0.362 e. The van der Waals surface area contributed by atoms with Crippen molar-refractivity contribution in [3.8, 4) is 0 Å². The Bertz CT molecular complexity index is 868. The lowest BCUT2D eigenvalue weighted by molar-refractivity contribution is -0.385. The van der Waals surface area contributed by atoms with Crippen LogP contribution in [-0.4, -0.2) is 29.7 Å². The number of hydrogen-bond acceptors (Lipinski definition) is 5. The first-order valence-electron chi connectivity index (χ1n) is 8.02. The van der Waals surface area contributed by atoms with Crippen LogP contribution >= 0.6 is 0 Å². The van der Waals surface area contributed by atoms with Gasteiger partial charge in [0.2, 0.25) is 0 Å². The van der Waals surface area contributed by atoms with Crippen molar-refractivity contribution in [2.75, 3.05) is 5.75 Å². The molecule has 0 bridgehead atoms.